The molecule has 0 saturated heterocycles. The van der Waals surface area contributed by atoms with E-state index in [0.29, 0.717) is 6.54 Å². The molecule has 0 spiro atoms. The Labute approximate surface area is 91.5 Å². The smallest absolute Gasteiger partial charge is 0.126 e. The molecule has 0 aliphatic carbocycles. The average molecular weight is 208 g/mol. The van der Waals surface area contributed by atoms with Crippen LogP contribution < -0.4 is 5.32 Å². The van der Waals surface area contributed by atoms with Crippen LogP contribution in [-0.2, 0) is 0 Å². The highest BCUT2D eigenvalue weighted by Crippen LogP contribution is 2.15. The first-order valence-electron chi connectivity index (χ1n) is 5.49. The van der Waals surface area contributed by atoms with E-state index in [4.69, 9.17) is 0 Å². The summed E-state index contributed by atoms with van der Waals surface area (Å²) in [5.41, 5.74) is 0.363. The van der Waals surface area contributed by atoms with Crippen molar-refractivity contribution in [3.05, 3.63) is 23.9 Å². The molecule has 0 saturated carbocycles. The highest BCUT2D eigenvalue weighted by Gasteiger charge is 2.21. The van der Waals surface area contributed by atoms with Crippen LogP contribution in [0.4, 0.5) is 5.82 Å². The second-order valence-corrected chi connectivity index (χ2v) is 3.95. The molecule has 1 rings (SSSR count). The van der Waals surface area contributed by atoms with E-state index in [9.17, 15) is 5.11 Å². The Morgan fingerprint density at radius 3 is 2.53 bits per heavy atom. The minimum Gasteiger partial charge on any atom is -0.388 e. The van der Waals surface area contributed by atoms with Crippen molar-refractivity contribution in [3.8, 4) is 0 Å². The molecule has 0 atom stereocenters. The zero-order valence-electron chi connectivity index (χ0n) is 9.75. The number of hydrogen-bond donors (Lipinski definition) is 2. The molecule has 84 valence electrons. The highest BCUT2D eigenvalue weighted by atomic mass is 16.3. The summed E-state index contributed by atoms with van der Waals surface area (Å²) in [5, 5.41) is 13.2. The summed E-state index contributed by atoms with van der Waals surface area (Å²) in [6.45, 7) is 6.50. The minimum absolute atomic E-state index is 0.552. The van der Waals surface area contributed by atoms with Crippen LogP contribution in [0.2, 0.25) is 0 Å². The van der Waals surface area contributed by atoms with E-state index in [-0.39, 0.29) is 0 Å². The third kappa shape index (κ3) is 3.51. The van der Waals surface area contributed by atoms with Crippen molar-refractivity contribution in [1.29, 1.82) is 0 Å². The van der Waals surface area contributed by atoms with Crippen molar-refractivity contribution in [3.63, 3.8) is 0 Å². The van der Waals surface area contributed by atoms with Gasteiger partial charge in [0.05, 0.1) is 5.60 Å². The molecule has 2 N–H and O–H groups in total. The van der Waals surface area contributed by atoms with E-state index in [0.717, 1.165) is 24.4 Å². The van der Waals surface area contributed by atoms with Gasteiger partial charge in [-0.1, -0.05) is 19.9 Å². The second-order valence-electron chi connectivity index (χ2n) is 3.95. The molecule has 1 heterocycles. The van der Waals surface area contributed by atoms with Crippen molar-refractivity contribution in [2.24, 2.45) is 0 Å². The predicted octanol–water partition coefficient (Wildman–Crippen LogP) is 2.35. The Morgan fingerprint density at radius 1 is 1.33 bits per heavy atom. The monoisotopic (exact) mass is 208 g/mol. The molecule has 0 unspecified atom stereocenters. The number of nitrogens with zero attached hydrogens (tertiary/aromatic N) is 1. The average Bonchev–Trinajstić information content (AvgIpc) is 2.26. The number of aromatic nitrogens is 1. The maximum atomic E-state index is 10.1. The lowest BCUT2D eigenvalue weighted by molar-refractivity contribution is 0.0456. The predicted molar refractivity (Wildman–Crippen MR) is 63.0 cm³/mol. The first-order chi connectivity index (χ1) is 7.09. The zero-order valence-corrected chi connectivity index (χ0v) is 9.75. The van der Waals surface area contributed by atoms with Crippen molar-refractivity contribution >= 4 is 5.82 Å². The Balaban J connectivity index is 2.56. The summed E-state index contributed by atoms with van der Waals surface area (Å²) in [6.07, 6.45) is 1.50. The maximum absolute atomic E-state index is 10.1. The Morgan fingerprint density at radius 2 is 2.00 bits per heavy atom. The van der Waals surface area contributed by atoms with Crippen molar-refractivity contribution in [1.82, 2.24) is 4.98 Å². The Kier molecular flexibility index (Phi) is 4.09. The van der Waals surface area contributed by atoms with Crippen LogP contribution in [0, 0.1) is 6.92 Å². The summed E-state index contributed by atoms with van der Waals surface area (Å²) in [5.74, 6) is 0.829. The molecule has 1 aromatic rings. The Bertz CT molecular complexity index is 308. The number of hydrogen-bond acceptors (Lipinski definition) is 3. The number of rotatable bonds is 5. The molecule has 0 fully saturated rings. The van der Waals surface area contributed by atoms with Crippen molar-refractivity contribution in [2.45, 2.75) is 39.2 Å². The first-order valence-corrected chi connectivity index (χ1v) is 5.49. The topological polar surface area (TPSA) is 45.1 Å². The normalized spacial score (nSPS) is 11.5. The lowest BCUT2D eigenvalue weighted by atomic mass is 9.98. The van der Waals surface area contributed by atoms with Crippen LogP contribution in [0.1, 0.15) is 32.4 Å². The van der Waals surface area contributed by atoms with Gasteiger partial charge in [-0.15, -0.1) is 0 Å². The molecule has 15 heavy (non-hydrogen) atoms. The molecule has 0 amide bonds. The van der Waals surface area contributed by atoms with Crippen LogP contribution in [0.25, 0.3) is 0 Å². The molecule has 0 aliphatic rings. The Hall–Kier alpha value is -1.09. The number of pyridine rings is 1. The third-order valence-electron chi connectivity index (χ3n) is 2.80. The molecule has 0 radical (unpaired) electrons. The number of aryl methyl sites for hydroxylation is 1. The van der Waals surface area contributed by atoms with Gasteiger partial charge in [-0.2, -0.15) is 0 Å². The van der Waals surface area contributed by atoms with Gasteiger partial charge in [-0.25, -0.2) is 4.98 Å². The van der Waals surface area contributed by atoms with E-state index in [1.807, 2.05) is 39.0 Å². The molecular weight excluding hydrogens is 188 g/mol. The van der Waals surface area contributed by atoms with Crippen LogP contribution in [-0.4, -0.2) is 22.2 Å². The molecule has 3 heteroatoms. The van der Waals surface area contributed by atoms with Gasteiger partial charge in [0.2, 0.25) is 0 Å². The summed E-state index contributed by atoms with van der Waals surface area (Å²) < 4.78 is 0. The SMILES string of the molecule is CCC(O)(CC)CNc1cccc(C)n1. The lowest BCUT2D eigenvalue weighted by Crippen LogP contribution is -2.35. The van der Waals surface area contributed by atoms with E-state index in [2.05, 4.69) is 10.3 Å². The largest absolute Gasteiger partial charge is 0.388 e. The summed E-state index contributed by atoms with van der Waals surface area (Å²) >= 11 is 0. The maximum Gasteiger partial charge on any atom is 0.126 e. The van der Waals surface area contributed by atoms with Gasteiger partial charge >= 0.3 is 0 Å². The van der Waals surface area contributed by atoms with Gasteiger partial charge in [0.1, 0.15) is 5.82 Å². The summed E-state index contributed by atoms with van der Waals surface area (Å²) in [4.78, 5) is 4.32. The van der Waals surface area contributed by atoms with E-state index in [1.54, 1.807) is 0 Å². The van der Waals surface area contributed by atoms with Crippen molar-refractivity contribution < 1.29 is 5.11 Å². The number of nitrogens with one attached hydrogen (secondary N) is 1. The third-order valence-corrected chi connectivity index (χ3v) is 2.80. The van der Waals surface area contributed by atoms with Crippen LogP contribution >= 0.6 is 0 Å². The van der Waals surface area contributed by atoms with Gasteiger partial charge in [-0.05, 0) is 31.9 Å². The highest BCUT2D eigenvalue weighted by molar-refractivity contribution is 5.35. The summed E-state index contributed by atoms with van der Waals surface area (Å²) in [6, 6.07) is 5.83. The zero-order chi connectivity index (χ0) is 11.3. The van der Waals surface area contributed by atoms with Gasteiger partial charge < -0.3 is 10.4 Å². The van der Waals surface area contributed by atoms with E-state index < -0.39 is 5.60 Å². The quantitative estimate of drug-likeness (QED) is 0.780. The van der Waals surface area contributed by atoms with Crippen LogP contribution in [0.5, 0.6) is 0 Å². The molecule has 3 nitrogen and oxygen atoms in total. The fourth-order valence-corrected chi connectivity index (χ4v) is 1.40. The molecule has 1 aromatic heterocycles. The second kappa shape index (κ2) is 5.12. The van der Waals surface area contributed by atoms with Gasteiger partial charge in [-0.3, -0.25) is 0 Å². The van der Waals surface area contributed by atoms with Gasteiger partial charge in [0, 0.05) is 12.2 Å². The van der Waals surface area contributed by atoms with Crippen molar-refractivity contribution in [2.75, 3.05) is 11.9 Å². The molecular formula is C12H20N2O. The molecule has 0 bridgehead atoms. The molecule has 0 aliphatic heterocycles. The fourth-order valence-electron chi connectivity index (χ4n) is 1.40. The minimum atomic E-state index is -0.620. The van der Waals surface area contributed by atoms with E-state index in [1.165, 1.54) is 0 Å². The lowest BCUT2D eigenvalue weighted by Gasteiger charge is -2.25. The summed E-state index contributed by atoms with van der Waals surface area (Å²) in [7, 11) is 0. The number of aliphatic hydroxyl groups is 1. The van der Waals surface area contributed by atoms with E-state index >= 15 is 0 Å². The van der Waals surface area contributed by atoms with Crippen LogP contribution in [0.15, 0.2) is 18.2 Å². The van der Waals surface area contributed by atoms with Crippen LogP contribution in [0.3, 0.4) is 0 Å². The number of anilines is 1. The van der Waals surface area contributed by atoms with Gasteiger partial charge in [0.25, 0.3) is 0 Å². The molecule has 0 aromatic carbocycles. The first kappa shape index (κ1) is 12.0. The standard InChI is InChI=1S/C12H20N2O/c1-4-12(15,5-2)9-13-11-8-6-7-10(3)14-11/h6-8,15H,4-5,9H2,1-3H3,(H,13,14). The van der Waals surface area contributed by atoms with Gasteiger partial charge in [0.15, 0.2) is 0 Å². The fraction of sp³-hybridized carbons (Fsp3) is 0.583.